The summed E-state index contributed by atoms with van der Waals surface area (Å²) >= 11 is 0. The Hall–Kier alpha value is -2.24. The zero-order chi connectivity index (χ0) is 19.8. The lowest BCUT2D eigenvalue weighted by Crippen LogP contribution is -2.46. The second-order valence-electron chi connectivity index (χ2n) is 8.30. The molecule has 0 radical (unpaired) electrons. The van der Waals surface area contributed by atoms with E-state index < -0.39 is 0 Å². The molecule has 0 spiro atoms. The summed E-state index contributed by atoms with van der Waals surface area (Å²) in [5.74, 6) is 2.18. The average molecular weight is 431 g/mol. The first-order valence-corrected chi connectivity index (χ1v) is 10.5. The SMILES string of the molecule is COc1cccc2c1CC(N[C@H]1CC[C@@H](c3c[nH]c4ccc(F)cc43)CC1)CO2.Cl. The van der Waals surface area contributed by atoms with Gasteiger partial charge in [-0.05, 0) is 73.9 Å². The number of methoxy groups -OCH3 is 1. The Morgan fingerprint density at radius 2 is 1.93 bits per heavy atom. The predicted octanol–water partition coefficient (Wildman–Crippen LogP) is 5.36. The molecule has 0 bridgehead atoms. The molecule has 1 fully saturated rings. The van der Waals surface area contributed by atoms with E-state index in [4.69, 9.17) is 9.47 Å². The molecule has 2 N–H and O–H groups in total. The number of aromatic amines is 1. The Balaban J connectivity index is 0.00000218. The third-order valence-electron chi connectivity index (χ3n) is 6.51. The second-order valence-corrected chi connectivity index (χ2v) is 8.30. The first-order chi connectivity index (χ1) is 14.2. The van der Waals surface area contributed by atoms with E-state index in [-0.39, 0.29) is 18.2 Å². The maximum atomic E-state index is 13.7. The Morgan fingerprint density at radius 3 is 2.73 bits per heavy atom. The third kappa shape index (κ3) is 4.01. The van der Waals surface area contributed by atoms with Gasteiger partial charge in [0.1, 0.15) is 23.9 Å². The standard InChI is InChI=1S/C24H27FN2O2.ClH/c1-28-23-3-2-4-24-20(23)12-18(14-29-24)27-17-8-5-15(6-9-17)21-13-26-22-10-7-16(25)11-19(21)22;/h2-4,7,10-11,13,15,17-18,26-27H,5-6,8-9,12,14H2,1H3;1H/t15-,17+,18?;. The summed E-state index contributed by atoms with van der Waals surface area (Å²) in [5.41, 5.74) is 3.44. The van der Waals surface area contributed by atoms with Gasteiger partial charge in [-0.25, -0.2) is 4.39 Å². The highest BCUT2D eigenvalue weighted by Crippen LogP contribution is 2.38. The largest absolute Gasteiger partial charge is 0.496 e. The molecule has 2 aliphatic rings. The highest BCUT2D eigenvalue weighted by Gasteiger charge is 2.28. The van der Waals surface area contributed by atoms with Gasteiger partial charge in [0.25, 0.3) is 0 Å². The van der Waals surface area contributed by atoms with Crippen molar-refractivity contribution in [1.29, 1.82) is 0 Å². The van der Waals surface area contributed by atoms with Crippen LogP contribution in [0.2, 0.25) is 0 Å². The van der Waals surface area contributed by atoms with Crippen molar-refractivity contribution >= 4 is 23.3 Å². The third-order valence-corrected chi connectivity index (χ3v) is 6.51. The Morgan fingerprint density at radius 1 is 1.10 bits per heavy atom. The fraction of sp³-hybridized carbons (Fsp3) is 0.417. The number of nitrogens with one attached hydrogen (secondary N) is 2. The Bertz CT molecular complexity index is 999. The molecule has 2 heterocycles. The molecular weight excluding hydrogens is 403 g/mol. The quantitative estimate of drug-likeness (QED) is 0.586. The van der Waals surface area contributed by atoms with Crippen LogP contribution in [0.15, 0.2) is 42.6 Å². The smallest absolute Gasteiger partial charge is 0.126 e. The fourth-order valence-electron chi connectivity index (χ4n) is 5.03. The van der Waals surface area contributed by atoms with Crippen LogP contribution < -0.4 is 14.8 Å². The average Bonchev–Trinajstić information content (AvgIpc) is 3.17. The molecule has 4 nitrogen and oxygen atoms in total. The molecule has 1 aliphatic carbocycles. The van der Waals surface area contributed by atoms with E-state index >= 15 is 0 Å². The topological polar surface area (TPSA) is 46.3 Å². The lowest BCUT2D eigenvalue weighted by molar-refractivity contribution is 0.209. The van der Waals surface area contributed by atoms with Gasteiger partial charge in [0.05, 0.1) is 7.11 Å². The van der Waals surface area contributed by atoms with Gasteiger partial charge in [0, 0.05) is 34.7 Å². The summed E-state index contributed by atoms with van der Waals surface area (Å²) in [4.78, 5) is 3.30. The van der Waals surface area contributed by atoms with Crippen molar-refractivity contribution in [2.24, 2.45) is 0 Å². The molecule has 1 unspecified atom stereocenters. The van der Waals surface area contributed by atoms with Crippen molar-refractivity contribution in [3.8, 4) is 11.5 Å². The molecule has 2 aromatic carbocycles. The molecule has 3 aromatic rings. The number of hydrogen-bond acceptors (Lipinski definition) is 3. The van der Waals surface area contributed by atoms with E-state index in [2.05, 4.69) is 16.5 Å². The molecule has 0 amide bonds. The van der Waals surface area contributed by atoms with Crippen molar-refractivity contribution in [3.05, 3.63) is 59.5 Å². The molecule has 5 rings (SSSR count). The molecule has 1 atom stereocenters. The van der Waals surface area contributed by atoms with E-state index in [9.17, 15) is 4.39 Å². The van der Waals surface area contributed by atoms with Crippen molar-refractivity contribution in [1.82, 2.24) is 10.3 Å². The van der Waals surface area contributed by atoms with E-state index in [0.29, 0.717) is 24.6 Å². The summed E-state index contributed by atoms with van der Waals surface area (Å²) < 4.78 is 25.2. The summed E-state index contributed by atoms with van der Waals surface area (Å²) in [5, 5.41) is 4.85. The minimum atomic E-state index is -0.165. The highest BCUT2D eigenvalue weighted by atomic mass is 35.5. The highest BCUT2D eigenvalue weighted by molar-refractivity contribution is 5.85. The van der Waals surface area contributed by atoms with Crippen LogP contribution in [0.25, 0.3) is 10.9 Å². The van der Waals surface area contributed by atoms with E-state index in [0.717, 1.165) is 60.1 Å². The number of benzene rings is 2. The van der Waals surface area contributed by atoms with Crippen LogP contribution in [0.4, 0.5) is 4.39 Å². The van der Waals surface area contributed by atoms with Crippen molar-refractivity contribution in [2.45, 2.75) is 50.1 Å². The van der Waals surface area contributed by atoms with Crippen LogP contribution in [0.1, 0.15) is 42.7 Å². The first kappa shape index (κ1) is 21.0. The molecule has 30 heavy (non-hydrogen) atoms. The van der Waals surface area contributed by atoms with Gasteiger partial charge in [-0.3, -0.25) is 0 Å². The van der Waals surface area contributed by atoms with E-state index in [1.807, 2.05) is 24.3 Å². The molecule has 1 aromatic heterocycles. The molecule has 160 valence electrons. The summed E-state index contributed by atoms with van der Waals surface area (Å²) in [6, 6.07) is 11.8. The summed E-state index contributed by atoms with van der Waals surface area (Å²) in [6.07, 6.45) is 7.49. The lowest BCUT2D eigenvalue weighted by Gasteiger charge is -2.34. The maximum Gasteiger partial charge on any atom is 0.126 e. The maximum absolute atomic E-state index is 13.7. The number of aromatic nitrogens is 1. The van der Waals surface area contributed by atoms with Crippen LogP contribution in [-0.2, 0) is 6.42 Å². The van der Waals surface area contributed by atoms with Crippen molar-refractivity contribution < 1.29 is 13.9 Å². The van der Waals surface area contributed by atoms with Crippen LogP contribution in [0, 0.1) is 5.82 Å². The van der Waals surface area contributed by atoms with Gasteiger partial charge in [0.2, 0.25) is 0 Å². The minimum Gasteiger partial charge on any atom is -0.496 e. The van der Waals surface area contributed by atoms with Gasteiger partial charge in [0.15, 0.2) is 0 Å². The molecule has 0 saturated heterocycles. The Labute approximate surface area is 182 Å². The normalized spacial score (nSPS) is 23.3. The monoisotopic (exact) mass is 430 g/mol. The second kappa shape index (κ2) is 8.86. The van der Waals surface area contributed by atoms with Gasteiger partial charge >= 0.3 is 0 Å². The van der Waals surface area contributed by atoms with E-state index in [1.165, 1.54) is 11.6 Å². The van der Waals surface area contributed by atoms with Crippen molar-refractivity contribution in [2.75, 3.05) is 13.7 Å². The summed E-state index contributed by atoms with van der Waals surface area (Å²) in [7, 11) is 1.71. The van der Waals surface area contributed by atoms with Crippen LogP contribution in [0.5, 0.6) is 11.5 Å². The number of halogens is 2. The van der Waals surface area contributed by atoms with Gasteiger partial charge in [-0.2, -0.15) is 0 Å². The number of rotatable bonds is 4. The zero-order valence-electron chi connectivity index (χ0n) is 17.1. The lowest BCUT2D eigenvalue weighted by atomic mass is 9.81. The molecule has 1 saturated carbocycles. The number of fused-ring (bicyclic) bond motifs is 2. The van der Waals surface area contributed by atoms with Crippen LogP contribution in [0.3, 0.4) is 0 Å². The first-order valence-electron chi connectivity index (χ1n) is 10.5. The van der Waals surface area contributed by atoms with Crippen molar-refractivity contribution in [3.63, 3.8) is 0 Å². The summed E-state index contributed by atoms with van der Waals surface area (Å²) in [6.45, 7) is 0.696. The fourth-order valence-corrected chi connectivity index (χ4v) is 5.03. The van der Waals surface area contributed by atoms with Crippen LogP contribution in [-0.4, -0.2) is 30.8 Å². The molecule has 1 aliphatic heterocycles. The molecular formula is C24H28ClFN2O2. The molecule has 6 heteroatoms. The van der Waals surface area contributed by atoms with Gasteiger partial charge in [-0.1, -0.05) is 6.07 Å². The number of hydrogen-bond donors (Lipinski definition) is 2. The Kier molecular flexibility index (Phi) is 6.21. The predicted molar refractivity (Wildman–Crippen MR) is 120 cm³/mol. The zero-order valence-corrected chi connectivity index (χ0v) is 17.9. The van der Waals surface area contributed by atoms with Crippen LogP contribution >= 0.6 is 12.4 Å². The minimum absolute atomic E-state index is 0. The van der Waals surface area contributed by atoms with Gasteiger partial charge in [-0.15, -0.1) is 12.4 Å². The van der Waals surface area contributed by atoms with Gasteiger partial charge < -0.3 is 19.8 Å². The van der Waals surface area contributed by atoms with E-state index in [1.54, 1.807) is 13.2 Å². The number of H-pyrrole nitrogens is 1. The number of ether oxygens (including phenoxy) is 2.